The fourth-order valence-electron chi connectivity index (χ4n) is 3.01. The molecule has 1 saturated heterocycles. The number of rotatable bonds is 5. The van der Waals surface area contributed by atoms with Gasteiger partial charge in [-0.2, -0.15) is 0 Å². The maximum atomic E-state index is 12.3. The van der Waals surface area contributed by atoms with Gasteiger partial charge in [0.1, 0.15) is 11.9 Å². The van der Waals surface area contributed by atoms with Gasteiger partial charge in [-0.05, 0) is 30.5 Å². The molecular formula is C17H19N5O3. The van der Waals surface area contributed by atoms with Crippen molar-refractivity contribution < 1.29 is 9.72 Å². The Morgan fingerprint density at radius 2 is 2.00 bits per heavy atom. The Hall–Kier alpha value is -3.03. The van der Waals surface area contributed by atoms with Gasteiger partial charge in [-0.1, -0.05) is 6.07 Å². The van der Waals surface area contributed by atoms with Crippen molar-refractivity contribution in [3.8, 4) is 0 Å². The van der Waals surface area contributed by atoms with E-state index in [1.807, 2.05) is 17.0 Å². The molecule has 1 amide bonds. The lowest BCUT2D eigenvalue weighted by Crippen LogP contribution is -2.40. The number of amides is 1. The van der Waals surface area contributed by atoms with Gasteiger partial charge in [0.2, 0.25) is 5.91 Å². The average molecular weight is 341 g/mol. The van der Waals surface area contributed by atoms with E-state index in [0.29, 0.717) is 38.2 Å². The van der Waals surface area contributed by atoms with Crippen LogP contribution >= 0.6 is 0 Å². The molecule has 3 rings (SSSR count). The van der Waals surface area contributed by atoms with Gasteiger partial charge in [0.25, 0.3) is 0 Å². The third-order valence-corrected chi connectivity index (χ3v) is 4.37. The highest BCUT2D eigenvalue weighted by molar-refractivity contribution is 5.79. The molecule has 0 radical (unpaired) electrons. The van der Waals surface area contributed by atoms with E-state index < -0.39 is 4.92 Å². The molecule has 8 nitrogen and oxygen atoms in total. The van der Waals surface area contributed by atoms with Gasteiger partial charge in [0, 0.05) is 44.1 Å². The first-order valence-electron chi connectivity index (χ1n) is 8.15. The van der Waals surface area contributed by atoms with Crippen molar-refractivity contribution >= 4 is 17.3 Å². The number of hydrogen-bond donors (Lipinski definition) is 1. The Bertz CT molecular complexity index is 745. The number of pyridine rings is 2. The summed E-state index contributed by atoms with van der Waals surface area (Å²) in [4.78, 5) is 32.8. The third kappa shape index (κ3) is 4.09. The monoisotopic (exact) mass is 341 g/mol. The van der Waals surface area contributed by atoms with E-state index in [2.05, 4.69) is 15.3 Å². The third-order valence-electron chi connectivity index (χ3n) is 4.37. The van der Waals surface area contributed by atoms with E-state index in [-0.39, 0.29) is 17.5 Å². The Morgan fingerprint density at radius 3 is 2.68 bits per heavy atom. The molecule has 0 spiro atoms. The van der Waals surface area contributed by atoms with Crippen LogP contribution in [0, 0.1) is 16.0 Å². The summed E-state index contributed by atoms with van der Waals surface area (Å²) in [6.07, 6.45) is 7.57. The van der Waals surface area contributed by atoms with Crippen LogP contribution in [-0.2, 0) is 11.3 Å². The lowest BCUT2D eigenvalue weighted by Gasteiger charge is -2.32. The molecule has 0 bridgehead atoms. The number of carbonyl (C=O) groups excluding carboxylic acids is 1. The van der Waals surface area contributed by atoms with E-state index in [4.69, 9.17) is 0 Å². The molecule has 25 heavy (non-hydrogen) atoms. The van der Waals surface area contributed by atoms with Crippen molar-refractivity contribution in [3.05, 3.63) is 58.7 Å². The average Bonchev–Trinajstić information content (AvgIpc) is 2.67. The summed E-state index contributed by atoms with van der Waals surface area (Å²) in [6, 6.07) is 5.40. The topological polar surface area (TPSA) is 101 Å². The maximum absolute atomic E-state index is 12.3. The van der Waals surface area contributed by atoms with Gasteiger partial charge in [0.05, 0.1) is 4.92 Å². The zero-order valence-corrected chi connectivity index (χ0v) is 13.7. The summed E-state index contributed by atoms with van der Waals surface area (Å²) < 4.78 is 0. The molecular weight excluding hydrogens is 322 g/mol. The fraction of sp³-hybridized carbons (Fsp3) is 0.353. The van der Waals surface area contributed by atoms with E-state index in [9.17, 15) is 14.9 Å². The van der Waals surface area contributed by atoms with Gasteiger partial charge in [-0.3, -0.25) is 24.9 Å². The molecule has 0 aromatic carbocycles. The molecule has 130 valence electrons. The second-order valence-electron chi connectivity index (χ2n) is 5.96. The number of piperidine rings is 1. The van der Waals surface area contributed by atoms with Crippen molar-refractivity contribution in [1.82, 2.24) is 15.3 Å². The van der Waals surface area contributed by atoms with Crippen molar-refractivity contribution in [2.24, 2.45) is 5.92 Å². The van der Waals surface area contributed by atoms with Crippen LogP contribution < -0.4 is 10.2 Å². The minimum atomic E-state index is -0.422. The summed E-state index contributed by atoms with van der Waals surface area (Å²) in [5.74, 6) is -0.0541. The highest BCUT2D eigenvalue weighted by Crippen LogP contribution is 2.30. The second kappa shape index (κ2) is 7.69. The summed E-state index contributed by atoms with van der Waals surface area (Å²) >= 11 is 0. The van der Waals surface area contributed by atoms with Crippen molar-refractivity contribution in [2.45, 2.75) is 19.4 Å². The lowest BCUT2D eigenvalue weighted by molar-refractivity contribution is -0.384. The molecule has 1 aliphatic rings. The quantitative estimate of drug-likeness (QED) is 0.658. The number of anilines is 1. The van der Waals surface area contributed by atoms with Gasteiger partial charge in [0.15, 0.2) is 0 Å². The van der Waals surface area contributed by atoms with Crippen molar-refractivity contribution in [3.63, 3.8) is 0 Å². The highest BCUT2D eigenvalue weighted by Gasteiger charge is 2.28. The van der Waals surface area contributed by atoms with E-state index in [1.54, 1.807) is 24.7 Å². The van der Waals surface area contributed by atoms with Crippen molar-refractivity contribution in [1.29, 1.82) is 0 Å². The zero-order valence-electron chi connectivity index (χ0n) is 13.7. The minimum Gasteiger partial charge on any atom is -0.366 e. The number of carbonyl (C=O) groups is 1. The van der Waals surface area contributed by atoms with Crippen LogP contribution in [0.4, 0.5) is 11.4 Å². The van der Waals surface area contributed by atoms with Crippen LogP contribution in [0.3, 0.4) is 0 Å². The molecule has 1 N–H and O–H groups in total. The number of hydrogen-bond acceptors (Lipinski definition) is 6. The summed E-state index contributed by atoms with van der Waals surface area (Å²) in [7, 11) is 0. The van der Waals surface area contributed by atoms with Crippen molar-refractivity contribution in [2.75, 3.05) is 18.0 Å². The Morgan fingerprint density at radius 1 is 1.24 bits per heavy atom. The Kier molecular flexibility index (Phi) is 5.17. The maximum Gasteiger partial charge on any atom is 0.310 e. The Labute approximate surface area is 145 Å². The highest BCUT2D eigenvalue weighted by atomic mass is 16.6. The first-order chi connectivity index (χ1) is 12.1. The van der Waals surface area contributed by atoms with E-state index in [0.717, 1.165) is 5.56 Å². The van der Waals surface area contributed by atoms with Gasteiger partial charge >= 0.3 is 5.69 Å². The first kappa shape index (κ1) is 16.8. The van der Waals surface area contributed by atoms with Crippen LogP contribution in [0.1, 0.15) is 18.4 Å². The molecule has 0 saturated carbocycles. The normalized spacial score (nSPS) is 15.0. The van der Waals surface area contributed by atoms with Gasteiger partial charge in [-0.15, -0.1) is 0 Å². The first-order valence-corrected chi connectivity index (χ1v) is 8.15. The number of nitro groups is 1. The van der Waals surface area contributed by atoms with Crippen LogP contribution in [0.2, 0.25) is 0 Å². The predicted molar refractivity (Wildman–Crippen MR) is 91.9 cm³/mol. The summed E-state index contributed by atoms with van der Waals surface area (Å²) in [6.45, 7) is 1.67. The van der Waals surface area contributed by atoms with Crippen LogP contribution in [0.5, 0.6) is 0 Å². The predicted octanol–water partition coefficient (Wildman–Crippen LogP) is 1.92. The number of nitrogens with zero attached hydrogens (tertiary/aromatic N) is 4. The largest absolute Gasteiger partial charge is 0.366 e. The molecule has 2 aromatic heterocycles. The summed E-state index contributed by atoms with van der Waals surface area (Å²) in [5, 5.41) is 14.1. The standard InChI is InChI=1S/C17H19N5O3/c23-17(20-11-13-2-1-6-18-10-13)14-4-8-21(9-5-14)15-3-7-19-12-16(15)22(24)25/h1-3,6-7,10,12,14H,4-5,8-9,11H2,(H,20,23). The molecule has 0 unspecified atom stereocenters. The number of aromatic nitrogens is 2. The number of nitrogens with one attached hydrogen (secondary N) is 1. The van der Waals surface area contributed by atoms with Gasteiger partial charge < -0.3 is 10.2 Å². The lowest BCUT2D eigenvalue weighted by atomic mass is 9.95. The zero-order chi connectivity index (χ0) is 17.6. The minimum absolute atomic E-state index is 0.00183. The van der Waals surface area contributed by atoms with Gasteiger partial charge in [-0.25, -0.2) is 0 Å². The molecule has 1 fully saturated rings. The smallest absolute Gasteiger partial charge is 0.310 e. The molecule has 1 aliphatic heterocycles. The molecule has 3 heterocycles. The summed E-state index contributed by atoms with van der Waals surface area (Å²) in [5.41, 5.74) is 1.52. The molecule has 0 atom stereocenters. The molecule has 2 aromatic rings. The second-order valence-corrected chi connectivity index (χ2v) is 5.96. The van der Waals surface area contributed by atoms with Crippen LogP contribution in [0.15, 0.2) is 43.0 Å². The Balaban J connectivity index is 1.55. The van der Waals surface area contributed by atoms with E-state index >= 15 is 0 Å². The fourth-order valence-corrected chi connectivity index (χ4v) is 3.01. The van der Waals surface area contributed by atoms with Crippen LogP contribution in [0.25, 0.3) is 0 Å². The van der Waals surface area contributed by atoms with Crippen LogP contribution in [-0.4, -0.2) is 33.9 Å². The molecule has 0 aliphatic carbocycles. The molecule has 8 heteroatoms. The van der Waals surface area contributed by atoms with E-state index in [1.165, 1.54) is 6.20 Å². The SMILES string of the molecule is O=C(NCc1cccnc1)C1CCN(c2ccncc2[N+](=O)[O-])CC1.